The monoisotopic (exact) mass is 354 g/mol. The highest BCUT2D eigenvalue weighted by Gasteiger charge is 2.16. The molecule has 2 aromatic carbocycles. The Hall–Kier alpha value is -3.28. The molecule has 3 aromatic rings. The van der Waals surface area contributed by atoms with Gasteiger partial charge in [-0.05, 0) is 48.4 Å². The zero-order valence-corrected chi connectivity index (χ0v) is 14.0. The smallest absolute Gasteiger partial charge is 0.257 e. The van der Waals surface area contributed by atoms with Crippen molar-refractivity contribution >= 4 is 5.91 Å². The topological polar surface area (TPSA) is 51.2 Å². The molecule has 0 atom stereocenters. The van der Waals surface area contributed by atoms with Gasteiger partial charge in [0.1, 0.15) is 22.9 Å². The number of hydrogen-bond acceptors (Lipinski definition) is 3. The Morgan fingerprint density at radius 2 is 1.81 bits per heavy atom. The highest BCUT2D eigenvalue weighted by molar-refractivity contribution is 5.96. The number of carbonyl (C=O) groups excluding carboxylic acids is 1. The van der Waals surface area contributed by atoms with E-state index in [9.17, 15) is 13.6 Å². The number of pyridine rings is 1. The van der Waals surface area contributed by atoms with Crippen molar-refractivity contribution in [1.29, 1.82) is 0 Å². The predicted molar refractivity (Wildman–Crippen MR) is 93.0 cm³/mol. The predicted octanol–water partition coefficient (Wildman–Crippen LogP) is 4.39. The Labute approximate surface area is 149 Å². The van der Waals surface area contributed by atoms with Gasteiger partial charge in [0.15, 0.2) is 0 Å². The number of nitrogens with zero attached hydrogens (tertiary/aromatic N) is 1. The van der Waals surface area contributed by atoms with E-state index in [0.717, 1.165) is 23.4 Å². The van der Waals surface area contributed by atoms with Crippen LogP contribution in [-0.2, 0) is 6.54 Å². The molecule has 0 bridgehead atoms. The largest absolute Gasteiger partial charge is 0.438 e. The van der Waals surface area contributed by atoms with Crippen LogP contribution in [-0.4, -0.2) is 10.9 Å². The number of aryl methyl sites for hydroxylation is 1. The molecule has 132 valence electrons. The number of aromatic nitrogens is 1. The summed E-state index contributed by atoms with van der Waals surface area (Å²) in [5.74, 6) is -1.35. The molecule has 0 radical (unpaired) electrons. The van der Waals surface area contributed by atoms with Crippen LogP contribution in [0.5, 0.6) is 11.6 Å². The average molecular weight is 354 g/mol. The zero-order valence-electron chi connectivity index (χ0n) is 14.0. The molecule has 1 heterocycles. The van der Waals surface area contributed by atoms with Gasteiger partial charge in [0, 0.05) is 6.54 Å². The van der Waals surface area contributed by atoms with E-state index in [1.165, 1.54) is 24.3 Å². The fourth-order valence-electron chi connectivity index (χ4n) is 2.36. The number of carbonyl (C=O) groups is 1. The van der Waals surface area contributed by atoms with Gasteiger partial charge in [-0.2, -0.15) is 0 Å². The van der Waals surface area contributed by atoms with E-state index in [1.54, 1.807) is 0 Å². The molecule has 4 nitrogen and oxygen atoms in total. The highest BCUT2D eigenvalue weighted by atomic mass is 19.1. The van der Waals surface area contributed by atoms with E-state index < -0.39 is 17.5 Å². The standard InChI is InChI=1S/C20H16F2N2O2/c1-13-4-2-3-5-14(13)11-23-19(25)18-10-16(22)12-24-20(18)26-17-8-6-15(21)7-9-17/h2-10,12H,11H2,1H3,(H,23,25). The van der Waals surface area contributed by atoms with Crippen molar-refractivity contribution in [2.75, 3.05) is 0 Å². The lowest BCUT2D eigenvalue weighted by Crippen LogP contribution is -2.24. The fourth-order valence-corrected chi connectivity index (χ4v) is 2.36. The van der Waals surface area contributed by atoms with Crippen molar-refractivity contribution in [3.63, 3.8) is 0 Å². The number of hydrogen-bond donors (Lipinski definition) is 1. The van der Waals surface area contributed by atoms with Crippen molar-refractivity contribution in [3.05, 3.63) is 89.1 Å². The van der Waals surface area contributed by atoms with Gasteiger partial charge >= 0.3 is 0 Å². The van der Waals surface area contributed by atoms with Crippen LogP contribution in [0.4, 0.5) is 8.78 Å². The number of halogens is 2. The van der Waals surface area contributed by atoms with E-state index >= 15 is 0 Å². The van der Waals surface area contributed by atoms with Crippen LogP contribution in [0.15, 0.2) is 60.8 Å². The molecule has 0 saturated heterocycles. The second kappa shape index (κ2) is 7.74. The van der Waals surface area contributed by atoms with Crippen LogP contribution in [0.25, 0.3) is 0 Å². The van der Waals surface area contributed by atoms with E-state index in [4.69, 9.17) is 4.74 Å². The summed E-state index contributed by atoms with van der Waals surface area (Å²) in [6, 6.07) is 13.9. The summed E-state index contributed by atoms with van der Waals surface area (Å²) in [7, 11) is 0. The first-order valence-corrected chi connectivity index (χ1v) is 7.94. The number of nitrogens with one attached hydrogen (secondary N) is 1. The van der Waals surface area contributed by atoms with Crippen molar-refractivity contribution in [3.8, 4) is 11.6 Å². The van der Waals surface area contributed by atoms with Gasteiger partial charge in [0.2, 0.25) is 5.88 Å². The van der Waals surface area contributed by atoms with Crippen LogP contribution < -0.4 is 10.1 Å². The Kier molecular flexibility index (Phi) is 5.22. The van der Waals surface area contributed by atoms with Crippen molar-refractivity contribution in [2.24, 2.45) is 0 Å². The molecule has 0 fully saturated rings. The SMILES string of the molecule is Cc1ccccc1CNC(=O)c1cc(F)cnc1Oc1ccc(F)cc1. The molecule has 0 spiro atoms. The Bertz CT molecular complexity index is 927. The van der Waals surface area contributed by atoms with Gasteiger partial charge in [-0.25, -0.2) is 13.8 Å². The third-order valence-electron chi connectivity index (χ3n) is 3.79. The van der Waals surface area contributed by atoms with Gasteiger partial charge in [-0.15, -0.1) is 0 Å². The molecular formula is C20H16F2N2O2. The van der Waals surface area contributed by atoms with E-state index in [1.807, 2.05) is 31.2 Å². The van der Waals surface area contributed by atoms with Crippen LogP contribution >= 0.6 is 0 Å². The lowest BCUT2D eigenvalue weighted by Gasteiger charge is -2.11. The molecular weight excluding hydrogens is 338 g/mol. The molecule has 1 aromatic heterocycles. The second-order valence-electron chi connectivity index (χ2n) is 5.67. The molecule has 1 N–H and O–H groups in total. The number of ether oxygens (including phenoxy) is 1. The molecule has 6 heteroatoms. The van der Waals surface area contributed by atoms with E-state index in [0.29, 0.717) is 5.75 Å². The minimum atomic E-state index is -0.655. The Morgan fingerprint density at radius 3 is 2.54 bits per heavy atom. The molecule has 0 aliphatic rings. The van der Waals surface area contributed by atoms with Crippen molar-refractivity contribution < 1.29 is 18.3 Å². The molecule has 0 aliphatic carbocycles. The van der Waals surface area contributed by atoms with Gasteiger partial charge in [0.25, 0.3) is 5.91 Å². The minimum Gasteiger partial charge on any atom is -0.438 e. The Morgan fingerprint density at radius 1 is 1.08 bits per heavy atom. The summed E-state index contributed by atoms with van der Waals surface area (Å²) >= 11 is 0. The molecule has 26 heavy (non-hydrogen) atoms. The number of benzene rings is 2. The lowest BCUT2D eigenvalue weighted by molar-refractivity contribution is 0.0947. The fraction of sp³-hybridized carbons (Fsp3) is 0.100. The maximum Gasteiger partial charge on any atom is 0.257 e. The number of rotatable bonds is 5. The van der Waals surface area contributed by atoms with Gasteiger partial charge in [0.05, 0.1) is 6.20 Å². The second-order valence-corrected chi connectivity index (χ2v) is 5.67. The van der Waals surface area contributed by atoms with Crippen molar-refractivity contribution in [2.45, 2.75) is 13.5 Å². The third kappa shape index (κ3) is 4.22. The summed E-state index contributed by atoms with van der Waals surface area (Å²) in [6.45, 7) is 2.23. The van der Waals surface area contributed by atoms with Gasteiger partial charge < -0.3 is 10.1 Å². The molecule has 1 amide bonds. The average Bonchev–Trinajstić information content (AvgIpc) is 2.64. The summed E-state index contributed by atoms with van der Waals surface area (Å²) in [4.78, 5) is 16.3. The normalized spacial score (nSPS) is 10.4. The first kappa shape index (κ1) is 17.5. The quantitative estimate of drug-likeness (QED) is 0.739. The highest BCUT2D eigenvalue weighted by Crippen LogP contribution is 2.24. The summed E-state index contributed by atoms with van der Waals surface area (Å²) in [5, 5.41) is 2.73. The van der Waals surface area contributed by atoms with E-state index in [-0.39, 0.29) is 18.0 Å². The van der Waals surface area contributed by atoms with Crippen LogP contribution in [0.2, 0.25) is 0 Å². The molecule has 0 saturated carbocycles. The minimum absolute atomic E-state index is 0.0390. The number of amides is 1. The maximum atomic E-state index is 13.6. The van der Waals surface area contributed by atoms with Crippen LogP contribution in [0, 0.1) is 18.6 Å². The first-order valence-electron chi connectivity index (χ1n) is 7.94. The third-order valence-corrected chi connectivity index (χ3v) is 3.79. The zero-order chi connectivity index (χ0) is 18.5. The Balaban J connectivity index is 1.79. The lowest BCUT2D eigenvalue weighted by atomic mass is 10.1. The molecule has 0 aliphatic heterocycles. The maximum absolute atomic E-state index is 13.6. The van der Waals surface area contributed by atoms with Crippen molar-refractivity contribution in [1.82, 2.24) is 10.3 Å². The summed E-state index contributed by atoms with van der Waals surface area (Å²) < 4.78 is 32.1. The molecule has 0 unspecified atom stereocenters. The van der Waals surface area contributed by atoms with E-state index in [2.05, 4.69) is 10.3 Å². The first-order chi connectivity index (χ1) is 12.5. The van der Waals surface area contributed by atoms with Crippen LogP contribution in [0.3, 0.4) is 0 Å². The summed E-state index contributed by atoms with van der Waals surface area (Å²) in [6.07, 6.45) is 0.955. The summed E-state index contributed by atoms with van der Waals surface area (Å²) in [5.41, 5.74) is 1.95. The van der Waals surface area contributed by atoms with Gasteiger partial charge in [-0.3, -0.25) is 4.79 Å². The van der Waals surface area contributed by atoms with Crippen LogP contribution in [0.1, 0.15) is 21.5 Å². The van der Waals surface area contributed by atoms with Gasteiger partial charge in [-0.1, -0.05) is 24.3 Å². The molecule has 3 rings (SSSR count).